The highest BCUT2D eigenvalue weighted by atomic mass is 32.1. The molecule has 1 amide bonds. The Morgan fingerprint density at radius 3 is 2.80 bits per heavy atom. The molecule has 7 heteroatoms. The maximum Gasteiger partial charge on any atom is 0.406 e. The van der Waals surface area contributed by atoms with Crippen LogP contribution in [0.2, 0.25) is 0 Å². The Morgan fingerprint density at radius 1 is 1.55 bits per heavy atom. The molecule has 0 N–H and O–H groups in total. The minimum Gasteiger partial charge on any atom is -0.332 e. The quantitative estimate of drug-likeness (QED) is 0.854. The van der Waals surface area contributed by atoms with Gasteiger partial charge in [-0.15, -0.1) is 11.3 Å². The lowest BCUT2D eigenvalue weighted by Gasteiger charge is -2.29. The van der Waals surface area contributed by atoms with Crippen LogP contribution in [0, 0.1) is 0 Å². The molecule has 0 saturated carbocycles. The SMILES string of the molecule is C[C@H](c1cccs1)N(C)[C@H]1CCN(CC(F)(F)F)C1=O. The first-order chi connectivity index (χ1) is 9.29. The Balaban J connectivity index is 2.02. The highest BCUT2D eigenvalue weighted by molar-refractivity contribution is 7.10. The Bertz CT molecular complexity index is 461. The summed E-state index contributed by atoms with van der Waals surface area (Å²) >= 11 is 1.58. The predicted octanol–water partition coefficient (Wildman–Crippen LogP) is 2.90. The molecular weight excluding hydrogens is 289 g/mol. The standard InChI is InChI=1S/C13H17F3N2OS/c1-9(11-4-3-7-20-11)17(2)10-5-6-18(12(10)19)8-13(14,15)16/h3-4,7,9-10H,5-6,8H2,1-2H3/t9-,10+/m1/s1. The molecule has 20 heavy (non-hydrogen) atoms. The van der Waals surface area contributed by atoms with Gasteiger partial charge >= 0.3 is 6.18 Å². The maximum atomic E-state index is 12.4. The Kier molecular flexibility index (Phi) is 4.39. The van der Waals surface area contributed by atoms with Gasteiger partial charge in [-0.3, -0.25) is 9.69 Å². The van der Waals surface area contributed by atoms with Crippen LogP contribution in [0.25, 0.3) is 0 Å². The van der Waals surface area contributed by atoms with E-state index in [1.807, 2.05) is 29.3 Å². The lowest BCUT2D eigenvalue weighted by molar-refractivity contribution is -0.159. The van der Waals surface area contributed by atoms with Crippen LogP contribution in [0.4, 0.5) is 13.2 Å². The molecule has 1 aliphatic heterocycles. The summed E-state index contributed by atoms with van der Waals surface area (Å²) in [5, 5.41) is 1.95. The molecule has 1 aromatic heterocycles. The summed E-state index contributed by atoms with van der Waals surface area (Å²) in [6.45, 7) is 0.986. The van der Waals surface area contributed by atoms with Crippen molar-refractivity contribution in [3.05, 3.63) is 22.4 Å². The van der Waals surface area contributed by atoms with E-state index in [1.165, 1.54) is 0 Å². The Labute approximate surface area is 120 Å². The van der Waals surface area contributed by atoms with Gasteiger partial charge in [0.1, 0.15) is 6.54 Å². The molecular formula is C13H17F3N2OS. The van der Waals surface area contributed by atoms with E-state index >= 15 is 0 Å². The van der Waals surface area contributed by atoms with Gasteiger partial charge in [-0.25, -0.2) is 0 Å². The lowest BCUT2D eigenvalue weighted by atomic mass is 10.1. The fourth-order valence-corrected chi connectivity index (χ4v) is 3.31. The summed E-state index contributed by atoms with van der Waals surface area (Å²) < 4.78 is 37.2. The number of hydrogen-bond acceptors (Lipinski definition) is 3. The van der Waals surface area contributed by atoms with Crippen molar-refractivity contribution in [3.63, 3.8) is 0 Å². The average Bonchev–Trinajstić information content (AvgIpc) is 2.97. The number of nitrogens with zero attached hydrogens (tertiary/aromatic N) is 2. The van der Waals surface area contributed by atoms with Crippen molar-refractivity contribution in [2.75, 3.05) is 20.1 Å². The van der Waals surface area contributed by atoms with Crippen LogP contribution in [0.5, 0.6) is 0 Å². The number of carbonyl (C=O) groups is 1. The van der Waals surface area contributed by atoms with Gasteiger partial charge in [-0.2, -0.15) is 13.2 Å². The number of hydrogen-bond donors (Lipinski definition) is 0. The zero-order valence-electron chi connectivity index (χ0n) is 11.4. The average molecular weight is 306 g/mol. The first-order valence-corrected chi connectivity index (χ1v) is 7.28. The summed E-state index contributed by atoms with van der Waals surface area (Å²) in [6.07, 6.45) is -3.89. The molecule has 2 rings (SSSR count). The van der Waals surface area contributed by atoms with Gasteiger partial charge in [0, 0.05) is 17.5 Å². The van der Waals surface area contributed by atoms with Gasteiger partial charge in [0.05, 0.1) is 6.04 Å². The molecule has 112 valence electrons. The van der Waals surface area contributed by atoms with E-state index in [9.17, 15) is 18.0 Å². The van der Waals surface area contributed by atoms with Crippen molar-refractivity contribution in [3.8, 4) is 0 Å². The van der Waals surface area contributed by atoms with E-state index < -0.39 is 24.7 Å². The van der Waals surface area contributed by atoms with E-state index in [0.717, 1.165) is 9.78 Å². The van der Waals surface area contributed by atoms with Crippen LogP contribution < -0.4 is 0 Å². The minimum atomic E-state index is -4.33. The molecule has 0 spiro atoms. The van der Waals surface area contributed by atoms with Crippen molar-refractivity contribution < 1.29 is 18.0 Å². The van der Waals surface area contributed by atoms with Crippen molar-refractivity contribution in [1.82, 2.24) is 9.80 Å². The zero-order valence-corrected chi connectivity index (χ0v) is 12.2. The van der Waals surface area contributed by atoms with Crippen LogP contribution in [-0.2, 0) is 4.79 Å². The Morgan fingerprint density at radius 2 is 2.25 bits per heavy atom. The van der Waals surface area contributed by atoms with Crippen molar-refractivity contribution in [2.24, 2.45) is 0 Å². The Hall–Kier alpha value is -1.08. The third-order valence-electron chi connectivity index (χ3n) is 3.70. The third-order valence-corrected chi connectivity index (χ3v) is 4.74. The summed E-state index contributed by atoms with van der Waals surface area (Å²) in [5.41, 5.74) is 0. The number of alkyl halides is 3. The first kappa shape index (κ1) is 15.3. The number of amides is 1. The third kappa shape index (κ3) is 3.32. The molecule has 1 aliphatic rings. The van der Waals surface area contributed by atoms with Crippen molar-refractivity contribution >= 4 is 17.2 Å². The zero-order chi connectivity index (χ0) is 14.9. The molecule has 1 saturated heterocycles. The number of likely N-dealkylation sites (N-methyl/N-ethyl adjacent to an activating group) is 1. The summed E-state index contributed by atoms with van der Waals surface area (Å²) in [5.74, 6) is -0.423. The number of likely N-dealkylation sites (tertiary alicyclic amines) is 1. The monoisotopic (exact) mass is 306 g/mol. The van der Waals surface area contributed by atoms with Crippen LogP contribution in [-0.4, -0.2) is 48.1 Å². The van der Waals surface area contributed by atoms with E-state index in [2.05, 4.69) is 0 Å². The molecule has 0 bridgehead atoms. The van der Waals surface area contributed by atoms with Crippen LogP contribution in [0.15, 0.2) is 17.5 Å². The highest BCUT2D eigenvalue weighted by Crippen LogP contribution is 2.29. The van der Waals surface area contributed by atoms with E-state index in [1.54, 1.807) is 18.4 Å². The molecule has 1 fully saturated rings. The lowest BCUT2D eigenvalue weighted by Crippen LogP contribution is -2.43. The summed E-state index contributed by atoms with van der Waals surface area (Å²) in [7, 11) is 1.80. The van der Waals surface area contributed by atoms with E-state index in [0.29, 0.717) is 6.42 Å². The maximum absolute atomic E-state index is 12.4. The van der Waals surface area contributed by atoms with Crippen molar-refractivity contribution in [1.29, 1.82) is 0 Å². The van der Waals surface area contributed by atoms with Gasteiger partial charge in [-0.05, 0) is 31.8 Å². The van der Waals surface area contributed by atoms with Crippen LogP contribution in [0.1, 0.15) is 24.3 Å². The van der Waals surface area contributed by atoms with Crippen LogP contribution in [0.3, 0.4) is 0 Å². The molecule has 0 unspecified atom stereocenters. The molecule has 0 radical (unpaired) electrons. The first-order valence-electron chi connectivity index (χ1n) is 6.40. The molecule has 2 heterocycles. The molecule has 0 aliphatic carbocycles. The van der Waals surface area contributed by atoms with E-state index in [4.69, 9.17) is 0 Å². The smallest absolute Gasteiger partial charge is 0.332 e. The molecule has 3 nitrogen and oxygen atoms in total. The normalized spacial score (nSPS) is 21.8. The fourth-order valence-electron chi connectivity index (χ4n) is 2.47. The highest BCUT2D eigenvalue weighted by Gasteiger charge is 2.41. The largest absolute Gasteiger partial charge is 0.406 e. The van der Waals surface area contributed by atoms with Gasteiger partial charge in [0.15, 0.2) is 0 Å². The van der Waals surface area contributed by atoms with Gasteiger partial charge in [0.25, 0.3) is 0 Å². The number of halogens is 3. The second-order valence-corrected chi connectivity index (χ2v) is 6.02. The second-order valence-electron chi connectivity index (χ2n) is 5.04. The van der Waals surface area contributed by atoms with Crippen LogP contribution >= 0.6 is 11.3 Å². The number of carbonyl (C=O) groups excluding carboxylic acids is 1. The summed E-state index contributed by atoms with van der Waals surface area (Å²) in [6, 6.07) is 3.46. The van der Waals surface area contributed by atoms with Gasteiger partial charge < -0.3 is 4.90 Å². The topological polar surface area (TPSA) is 23.6 Å². The minimum absolute atomic E-state index is 0.0230. The van der Waals surface area contributed by atoms with Crippen molar-refractivity contribution in [2.45, 2.75) is 31.6 Å². The number of rotatable bonds is 4. The van der Waals surface area contributed by atoms with Gasteiger partial charge in [0.2, 0.25) is 5.91 Å². The van der Waals surface area contributed by atoms with Gasteiger partial charge in [-0.1, -0.05) is 6.07 Å². The number of thiophene rings is 1. The molecule has 1 aromatic rings. The van der Waals surface area contributed by atoms with E-state index in [-0.39, 0.29) is 12.6 Å². The fraction of sp³-hybridized carbons (Fsp3) is 0.615. The summed E-state index contributed by atoms with van der Waals surface area (Å²) in [4.78, 5) is 16.0. The predicted molar refractivity (Wildman–Crippen MR) is 71.5 cm³/mol. The second kappa shape index (κ2) is 5.73. The molecule has 2 atom stereocenters. The molecule has 0 aromatic carbocycles.